The molecule has 1 N–H and O–H groups in total. The van der Waals surface area contributed by atoms with Crippen LogP contribution in [-0.2, 0) is 9.53 Å². The van der Waals surface area contributed by atoms with Crippen LogP contribution in [0.5, 0.6) is 0 Å². The van der Waals surface area contributed by atoms with Gasteiger partial charge in [-0.3, -0.25) is 9.69 Å². The smallest absolute Gasteiger partial charge is 0.317 e. The Morgan fingerprint density at radius 2 is 2.38 bits per heavy atom. The summed E-state index contributed by atoms with van der Waals surface area (Å²) in [7, 11) is 1.52. The van der Waals surface area contributed by atoms with E-state index in [-0.39, 0.29) is 24.5 Å². The molecule has 0 aromatic carbocycles. The minimum atomic E-state index is 0.0212. The zero-order valence-corrected chi connectivity index (χ0v) is 9.44. The number of ketones is 1. The molecule has 0 aromatic heterocycles. The third-order valence-electron chi connectivity index (χ3n) is 3.02. The summed E-state index contributed by atoms with van der Waals surface area (Å²) in [5.74, 6) is 0.0910. The number of ether oxygens (including phenoxy) is 1. The van der Waals surface area contributed by atoms with Crippen LogP contribution in [0.2, 0.25) is 0 Å². The summed E-state index contributed by atoms with van der Waals surface area (Å²) in [6.45, 7) is 3.52. The number of Topliss-reactive ketones (excluding diaryl/α,β-unsaturated/α-hetero) is 1. The van der Waals surface area contributed by atoms with Crippen molar-refractivity contribution >= 4 is 11.8 Å². The van der Waals surface area contributed by atoms with Crippen molar-refractivity contribution in [1.29, 1.82) is 0 Å². The number of nitrogens with zero attached hydrogens (tertiary/aromatic N) is 2. The molecular weight excluding hydrogens is 210 g/mol. The standard InChI is InChI=1S/C10H17N3O3/c1-16-7-9(14)6-12-2-3-13-8(5-12)4-11-10(13)15/h8H,2-7H2,1H3,(H,11,15). The average molecular weight is 227 g/mol. The number of rotatable bonds is 4. The second-order valence-electron chi connectivity index (χ2n) is 4.24. The van der Waals surface area contributed by atoms with Gasteiger partial charge in [0, 0.05) is 33.3 Å². The lowest BCUT2D eigenvalue weighted by molar-refractivity contribution is -0.124. The van der Waals surface area contributed by atoms with E-state index in [0.29, 0.717) is 19.6 Å². The second kappa shape index (κ2) is 4.80. The Labute approximate surface area is 94.5 Å². The van der Waals surface area contributed by atoms with Crippen LogP contribution >= 0.6 is 0 Å². The number of carbonyl (C=O) groups is 2. The highest BCUT2D eigenvalue weighted by atomic mass is 16.5. The van der Waals surface area contributed by atoms with Crippen molar-refractivity contribution in [3.63, 3.8) is 0 Å². The molecule has 2 heterocycles. The Morgan fingerprint density at radius 3 is 3.12 bits per heavy atom. The van der Waals surface area contributed by atoms with Gasteiger partial charge in [-0.1, -0.05) is 0 Å². The van der Waals surface area contributed by atoms with E-state index in [1.807, 2.05) is 4.90 Å². The van der Waals surface area contributed by atoms with E-state index in [9.17, 15) is 9.59 Å². The molecule has 1 atom stereocenters. The molecule has 0 saturated carbocycles. The van der Waals surface area contributed by atoms with Gasteiger partial charge in [0.25, 0.3) is 0 Å². The van der Waals surface area contributed by atoms with Crippen molar-refractivity contribution in [2.45, 2.75) is 6.04 Å². The second-order valence-corrected chi connectivity index (χ2v) is 4.24. The topological polar surface area (TPSA) is 61.9 Å². The van der Waals surface area contributed by atoms with Crippen LogP contribution in [0.15, 0.2) is 0 Å². The number of hydrogen-bond donors (Lipinski definition) is 1. The van der Waals surface area contributed by atoms with Crippen LogP contribution in [0.4, 0.5) is 4.79 Å². The first-order chi connectivity index (χ1) is 7.70. The first kappa shape index (κ1) is 11.3. The van der Waals surface area contributed by atoms with Crippen LogP contribution in [0.25, 0.3) is 0 Å². The van der Waals surface area contributed by atoms with Crippen LogP contribution < -0.4 is 5.32 Å². The average Bonchev–Trinajstić information content (AvgIpc) is 2.60. The molecule has 2 saturated heterocycles. The molecule has 0 aromatic rings. The van der Waals surface area contributed by atoms with Gasteiger partial charge < -0.3 is 15.0 Å². The molecule has 0 bridgehead atoms. The highest BCUT2D eigenvalue weighted by Gasteiger charge is 2.35. The van der Waals surface area contributed by atoms with Gasteiger partial charge in [-0.25, -0.2) is 4.79 Å². The van der Waals surface area contributed by atoms with Crippen LogP contribution in [0.1, 0.15) is 0 Å². The van der Waals surface area contributed by atoms with Gasteiger partial charge in [0.1, 0.15) is 6.61 Å². The van der Waals surface area contributed by atoms with E-state index in [2.05, 4.69) is 10.2 Å². The zero-order chi connectivity index (χ0) is 11.5. The molecule has 2 aliphatic rings. The minimum absolute atomic E-state index is 0.0212. The lowest BCUT2D eigenvalue weighted by Crippen LogP contribution is -2.53. The van der Waals surface area contributed by atoms with E-state index in [1.54, 1.807) is 0 Å². The Morgan fingerprint density at radius 1 is 1.56 bits per heavy atom. The van der Waals surface area contributed by atoms with Crippen molar-refractivity contribution in [2.24, 2.45) is 0 Å². The highest BCUT2D eigenvalue weighted by molar-refractivity contribution is 5.81. The minimum Gasteiger partial charge on any atom is -0.377 e. The third-order valence-corrected chi connectivity index (χ3v) is 3.02. The molecule has 0 aliphatic carbocycles. The molecule has 0 spiro atoms. The van der Waals surface area contributed by atoms with Gasteiger partial charge in [0.2, 0.25) is 0 Å². The molecule has 6 heteroatoms. The predicted molar refractivity (Wildman–Crippen MR) is 57.2 cm³/mol. The molecule has 6 nitrogen and oxygen atoms in total. The molecular formula is C10H17N3O3. The van der Waals surface area contributed by atoms with Crippen molar-refractivity contribution < 1.29 is 14.3 Å². The first-order valence-electron chi connectivity index (χ1n) is 5.48. The van der Waals surface area contributed by atoms with E-state index in [4.69, 9.17) is 4.74 Å². The van der Waals surface area contributed by atoms with Gasteiger partial charge in [0.15, 0.2) is 5.78 Å². The molecule has 90 valence electrons. The Balaban J connectivity index is 1.83. The SMILES string of the molecule is COCC(=O)CN1CCN2C(=O)NCC2C1. The van der Waals surface area contributed by atoms with Crippen LogP contribution in [0.3, 0.4) is 0 Å². The fourth-order valence-corrected chi connectivity index (χ4v) is 2.27. The third kappa shape index (κ3) is 2.33. The number of fused-ring (bicyclic) bond motifs is 1. The monoisotopic (exact) mass is 227 g/mol. The maximum Gasteiger partial charge on any atom is 0.317 e. The van der Waals surface area contributed by atoms with E-state index in [1.165, 1.54) is 7.11 Å². The van der Waals surface area contributed by atoms with E-state index >= 15 is 0 Å². The number of amides is 2. The molecule has 2 aliphatic heterocycles. The summed E-state index contributed by atoms with van der Waals surface area (Å²) in [6, 6.07) is 0.240. The summed E-state index contributed by atoms with van der Waals surface area (Å²) in [5, 5.41) is 2.81. The lowest BCUT2D eigenvalue weighted by atomic mass is 10.2. The highest BCUT2D eigenvalue weighted by Crippen LogP contribution is 2.13. The molecule has 1 unspecified atom stereocenters. The van der Waals surface area contributed by atoms with Gasteiger partial charge in [-0.05, 0) is 0 Å². The number of nitrogens with one attached hydrogen (secondary N) is 1. The first-order valence-corrected chi connectivity index (χ1v) is 5.48. The molecule has 2 rings (SSSR count). The molecule has 2 fully saturated rings. The maximum absolute atomic E-state index is 11.4. The van der Waals surface area contributed by atoms with Crippen molar-refractivity contribution in [1.82, 2.24) is 15.1 Å². The fourth-order valence-electron chi connectivity index (χ4n) is 2.27. The summed E-state index contributed by atoms with van der Waals surface area (Å²) in [4.78, 5) is 26.7. The maximum atomic E-state index is 11.4. The van der Waals surface area contributed by atoms with Gasteiger partial charge in [-0.15, -0.1) is 0 Å². The number of methoxy groups -OCH3 is 1. The van der Waals surface area contributed by atoms with Gasteiger partial charge in [-0.2, -0.15) is 0 Å². The predicted octanol–water partition coefficient (Wildman–Crippen LogP) is -1.09. The van der Waals surface area contributed by atoms with Crippen molar-refractivity contribution in [3.8, 4) is 0 Å². The van der Waals surface area contributed by atoms with Gasteiger partial charge in [0.05, 0.1) is 12.6 Å². The molecule has 16 heavy (non-hydrogen) atoms. The lowest BCUT2D eigenvalue weighted by Gasteiger charge is -2.35. The number of piperazine rings is 1. The van der Waals surface area contributed by atoms with Crippen LogP contribution in [-0.4, -0.2) is 74.1 Å². The molecule has 2 amide bonds. The van der Waals surface area contributed by atoms with E-state index < -0.39 is 0 Å². The Bertz CT molecular complexity index is 295. The summed E-state index contributed by atoms with van der Waals surface area (Å²) in [5.41, 5.74) is 0. The number of carbonyl (C=O) groups excluding carboxylic acids is 2. The number of urea groups is 1. The quantitative estimate of drug-likeness (QED) is 0.663. The summed E-state index contributed by atoms with van der Waals surface area (Å²) >= 11 is 0. The normalized spacial score (nSPS) is 25.4. The van der Waals surface area contributed by atoms with E-state index in [0.717, 1.165) is 13.1 Å². The van der Waals surface area contributed by atoms with Gasteiger partial charge >= 0.3 is 6.03 Å². The zero-order valence-electron chi connectivity index (χ0n) is 9.44. The molecule has 0 radical (unpaired) electrons. The fraction of sp³-hybridized carbons (Fsp3) is 0.800. The van der Waals surface area contributed by atoms with Crippen LogP contribution in [0, 0.1) is 0 Å². The van der Waals surface area contributed by atoms with Crippen molar-refractivity contribution in [2.75, 3.05) is 46.4 Å². The Kier molecular flexibility index (Phi) is 3.40. The Hall–Kier alpha value is -1.14. The number of hydrogen-bond acceptors (Lipinski definition) is 4. The van der Waals surface area contributed by atoms with Crippen molar-refractivity contribution in [3.05, 3.63) is 0 Å². The summed E-state index contributed by atoms with van der Waals surface area (Å²) in [6.07, 6.45) is 0. The summed E-state index contributed by atoms with van der Waals surface area (Å²) < 4.78 is 4.80. The largest absolute Gasteiger partial charge is 0.377 e.